The monoisotopic (exact) mass is 178 g/mol. The second-order valence-electron chi connectivity index (χ2n) is 3.87. The van der Waals surface area contributed by atoms with Crippen molar-refractivity contribution in [1.29, 1.82) is 0 Å². The van der Waals surface area contributed by atoms with Crippen molar-refractivity contribution in [2.24, 2.45) is 5.92 Å². The Hall–Kier alpha value is -1.18. The topological polar surface area (TPSA) is 17.1 Å². The van der Waals surface area contributed by atoms with Gasteiger partial charge in [0.25, 0.3) is 0 Å². The van der Waals surface area contributed by atoms with E-state index in [9.17, 15) is 9.18 Å². The van der Waals surface area contributed by atoms with Crippen LogP contribution in [-0.2, 0) is 10.2 Å². The summed E-state index contributed by atoms with van der Waals surface area (Å²) in [6, 6.07) is 6.42. The molecule has 1 saturated carbocycles. The lowest BCUT2D eigenvalue weighted by atomic mass is 9.96. The van der Waals surface area contributed by atoms with Crippen molar-refractivity contribution in [1.82, 2.24) is 0 Å². The summed E-state index contributed by atoms with van der Waals surface area (Å²) in [5.74, 6) is -0.103. The average molecular weight is 178 g/mol. The summed E-state index contributed by atoms with van der Waals surface area (Å²) >= 11 is 0. The fourth-order valence-electron chi connectivity index (χ4n) is 1.76. The van der Waals surface area contributed by atoms with Crippen LogP contribution in [0.15, 0.2) is 24.3 Å². The van der Waals surface area contributed by atoms with Gasteiger partial charge in [0.1, 0.15) is 12.1 Å². The van der Waals surface area contributed by atoms with Crippen LogP contribution in [0.1, 0.15) is 18.9 Å². The highest BCUT2D eigenvalue weighted by Gasteiger charge is 2.50. The first-order valence-corrected chi connectivity index (χ1v) is 4.38. The average Bonchev–Trinajstić information content (AvgIpc) is 2.80. The van der Waals surface area contributed by atoms with Gasteiger partial charge in [-0.3, -0.25) is 0 Å². The predicted octanol–water partition coefficient (Wildman–Crippen LogP) is 2.30. The van der Waals surface area contributed by atoms with Crippen molar-refractivity contribution in [3.05, 3.63) is 35.6 Å². The summed E-state index contributed by atoms with van der Waals surface area (Å²) in [5, 5.41) is 0. The van der Waals surface area contributed by atoms with Gasteiger partial charge in [0.15, 0.2) is 0 Å². The Kier molecular flexibility index (Phi) is 1.72. The lowest BCUT2D eigenvalue weighted by Crippen LogP contribution is -2.04. The fourth-order valence-corrected chi connectivity index (χ4v) is 1.76. The van der Waals surface area contributed by atoms with E-state index in [1.54, 1.807) is 12.1 Å². The molecule has 1 aliphatic rings. The van der Waals surface area contributed by atoms with Gasteiger partial charge in [-0.05, 0) is 24.1 Å². The van der Waals surface area contributed by atoms with Crippen molar-refractivity contribution < 1.29 is 9.18 Å². The summed E-state index contributed by atoms with van der Waals surface area (Å²) in [6.45, 7) is 2.04. The van der Waals surface area contributed by atoms with Crippen LogP contribution < -0.4 is 0 Å². The molecule has 0 spiro atoms. The summed E-state index contributed by atoms with van der Waals surface area (Å²) in [5.41, 5.74) is 1.03. The molecular weight excluding hydrogens is 167 g/mol. The van der Waals surface area contributed by atoms with Crippen LogP contribution >= 0.6 is 0 Å². The van der Waals surface area contributed by atoms with Crippen molar-refractivity contribution in [3.63, 3.8) is 0 Å². The van der Waals surface area contributed by atoms with E-state index in [4.69, 9.17) is 0 Å². The molecule has 2 rings (SSSR count). The van der Waals surface area contributed by atoms with Crippen molar-refractivity contribution in [2.75, 3.05) is 0 Å². The van der Waals surface area contributed by atoms with E-state index in [0.717, 1.165) is 18.3 Å². The van der Waals surface area contributed by atoms with Crippen LogP contribution in [0.2, 0.25) is 0 Å². The molecule has 1 fully saturated rings. The van der Waals surface area contributed by atoms with Crippen molar-refractivity contribution in [3.8, 4) is 0 Å². The number of hydrogen-bond donors (Lipinski definition) is 0. The second-order valence-corrected chi connectivity index (χ2v) is 3.87. The third-order valence-electron chi connectivity index (χ3n) is 2.97. The van der Waals surface area contributed by atoms with Crippen LogP contribution in [0, 0.1) is 11.7 Å². The lowest BCUT2D eigenvalue weighted by molar-refractivity contribution is -0.109. The molecule has 68 valence electrons. The van der Waals surface area contributed by atoms with E-state index in [2.05, 4.69) is 0 Å². The minimum absolute atomic E-state index is 0.0323. The maximum Gasteiger partial charge on any atom is 0.123 e. The highest BCUT2D eigenvalue weighted by atomic mass is 19.1. The molecule has 0 bridgehead atoms. The Bertz CT molecular complexity index is 330. The molecule has 0 N–H and O–H groups in total. The van der Waals surface area contributed by atoms with Crippen LogP contribution in [-0.4, -0.2) is 6.29 Å². The Morgan fingerprint density at radius 2 is 2.08 bits per heavy atom. The maximum absolute atomic E-state index is 12.6. The SMILES string of the molecule is C[C@]1(c2ccc(F)cc2)C[C@H]1C=O. The first-order chi connectivity index (χ1) is 6.16. The fraction of sp³-hybridized carbons (Fsp3) is 0.364. The molecule has 0 saturated heterocycles. The van der Waals surface area contributed by atoms with Crippen LogP contribution in [0.5, 0.6) is 0 Å². The van der Waals surface area contributed by atoms with Gasteiger partial charge in [-0.15, -0.1) is 0 Å². The Balaban J connectivity index is 2.27. The lowest BCUT2D eigenvalue weighted by Gasteiger charge is -2.08. The molecule has 0 aliphatic heterocycles. The molecule has 13 heavy (non-hydrogen) atoms. The number of aldehydes is 1. The normalized spacial score (nSPS) is 31.4. The molecule has 0 heterocycles. The smallest absolute Gasteiger partial charge is 0.123 e. The van der Waals surface area contributed by atoms with E-state index in [0.29, 0.717) is 0 Å². The van der Waals surface area contributed by atoms with E-state index in [-0.39, 0.29) is 17.2 Å². The Morgan fingerprint density at radius 1 is 1.46 bits per heavy atom. The number of carbonyl (C=O) groups excluding carboxylic acids is 1. The summed E-state index contributed by atoms with van der Waals surface area (Å²) in [7, 11) is 0. The quantitative estimate of drug-likeness (QED) is 0.635. The molecule has 0 amide bonds. The van der Waals surface area contributed by atoms with Crippen molar-refractivity contribution in [2.45, 2.75) is 18.8 Å². The van der Waals surface area contributed by atoms with Gasteiger partial charge < -0.3 is 4.79 Å². The standard InChI is InChI=1S/C11H11FO/c1-11(6-9(11)7-13)8-2-4-10(12)5-3-8/h2-5,7,9H,6H2,1H3/t9-,11+/m0/s1. The molecule has 1 nitrogen and oxygen atoms in total. The van der Waals surface area contributed by atoms with Gasteiger partial charge in [-0.1, -0.05) is 19.1 Å². The van der Waals surface area contributed by atoms with Gasteiger partial charge in [0.05, 0.1) is 0 Å². The number of rotatable bonds is 2. The highest BCUT2D eigenvalue weighted by molar-refractivity contribution is 5.64. The van der Waals surface area contributed by atoms with Crippen LogP contribution in [0.3, 0.4) is 0 Å². The van der Waals surface area contributed by atoms with Gasteiger partial charge in [0.2, 0.25) is 0 Å². The van der Waals surface area contributed by atoms with Crippen molar-refractivity contribution >= 4 is 6.29 Å². The third kappa shape index (κ3) is 1.26. The van der Waals surface area contributed by atoms with E-state index >= 15 is 0 Å². The first kappa shape index (κ1) is 8.42. The number of carbonyl (C=O) groups is 1. The molecule has 1 aromatic carbocycles. The molecule has 1 aliphatic carbocycles. The number of hydrogen-bond acceptors (Lipinski definition) is 1. The van der Waals surface area contributed by atoms with Crippen LogP contribution in [0.25, 0.3) is 0 Å². The molecule has 0 aromatic heterocycles. The van der Waals surface area contributed by atoms with Gasteiger partial charge >= 0.3 is 0 Å². The number of halogens is 1. The Morgan fingerprint density at radius 3 is 2.54 bits per heavy atom. The minimum Gasteiger partial charge on any atom is -0.303 e. The molecular formula is C11H11FO. The minimum atomic E-state index is -0.226. The van der Waals surface area contributed by atoms with Gasteiger partial charge in [-0.2, -0.15) is 0 Å². The predicted molar refractivity (Wildman–Crippen MR) is 47.9 cm³/mol. The number of benzene rings is 1. The van der Waals surface area contributed by atoms with Gasteiger partial charge in [-0.25, -0.2) is 4.39 Å². The first-order valence-electron chi connectivity index (χ1n) is 4.38. The molecule has 2 heteroatoms. The van der Waals surface area contributed by atoms with E-state index < -0.39 is 0 Å². The summed E-state index contributed by atoms with van der Waals surface area (Å²) < 4.78 is 12.6. The van der Waals surface area contributed by atoms with E-state index in [1.165, 1.54) is 12.1 Å². The molecule has 0 unspecified atom stereocenters. The molecule has 1 aromatic rings. The maximum atomic E-state index is 12.6. The molecule has 0 radical (unpaired) electrons. The highest BCUT2D eigenvalue weighted by Crippen LogP contribution is 2.52. The largest absolute Gasteiger partial charge is 0.303 e. The molecule has 2 atom stereocenters. The summed E-state index contributed by atoms with van der Waals surface area (Å²) in [4.78, 5) is 10.5. The Labute approximate surface area is 76.6 Å². The van der Waals surface area contributed by atoms with Crippen LogP contribution in [0.4, 0.5) is 4.39 Å². The zero-order valence-electron chi connectivity index (χ0n) is 7.46. The zero-order chi connectivity index (χ0) is 9.47. The van der Waals surface area contributed by atoms with Gasteiger partial charge in [0, 0.05) is 11.3 Å². The zero-order valence-corrected chi connectivity index (χ0v) is 7.46. The summed E-state index contributed by atoms with van der Waals surface area (Å²) in [6.07, 6.45) is 1.88. The third-order valence-corrected chi connectivity index (χ3v) is 2.97. The van der Waals surface area contributed by atoms with E-state index in [1.807, 2.05) is 6.92 Å². The second kappa shape index (κ2) is 2.66.